The van der Waals surface area contributed by atoms with Crippen molar-refractivity contribution in [1.82, 2.24) is 24.3 Å². The molecule has 0 aromatic carbocycles. The highest BCUT2D eigenvalue weighted by Crippen LogP contribution is 2.30. The lowest BCUT2D eigenvalue weighted by molar-refractivity contribution is 0.153. The summed E-state index contributed by atoms with van der Waals surface area (Å²) in [5, 5.41) is 3.96. The van der Waals surface area contributed by atoms with Gasteiger partial charge in [-0.1, -0.05) is 0 Å². The number of alkyl halides is 2. The molecule has 10 heteroatoms. The summed E-state index contributed by atoms with van der Waals surface area (Å²) in [6, 6.07) is 1.23. The monoisotopic (exact) mass is 381 g/mol. The molecule has 0 unspecified atom stereocenters. The Bertz CT molecular complexity index is 1090. The van der Waals surface area contributed by atoms with Crippen LogP contribution in [-0.4, -0.2) is 38.0 Å². The van der Waals surface area contributed by atoms with E-state index in [1.165, 1.54) is 17.7 Å². The van der Waals surface area contributed by atoms with E-state index < -0.39 is 17.5 Å². The average Bonchev–Trinajstić information content (AvgIpc) is 2.92. The van der Waals surface area contributed by atoms with Crippen molar-refractivity contribution >= 4 is 23.3 Å². The Morgan fingerprint density at radius 1 is 1.42 bits per heavy atom. The van der Waals surface area contributed by atoms with E-state index in [9.17, 15) is 13.6 Å². The molecule has 3 aromatic heterocycles. The zero-order valence-corrected chi connectivity index (χ0v) is 15.2. The quantitative estimate of drug-likeness (QED) is 0.688. The molecule has 0 spiro atoms. The maximum Gasteiger partial charge on any atom is 0.264 e. The standard InChI is InChI=1S/C16H17F2N5O2S/c1-8-10(7-19-22(8)2)11-6-9(13(17)18)12-14(20-11)23(4-5-25-3)16(26)21-15(12)24/h6-7,13H,4-5H2,1-3H3,(H,21,24,26). The van der Waals surface area contributed by atoms with Gasteiger partial charge in [-0.2, -0.15) is 5.10 Å². The number of fused-ring (bicyclic) bond motifs is 1. The third kappa shape index (κ3) is 3.06. The molecule has 3 heterocycles. The number of halogens is 2. The number of hydrogen-bond donors (Lipinski definition) is 1. The van der Waals surface area contributed by atoms with Crippen LogP contribution in [-0.2, 0) is 18.3 Å². The predicted octanol–water partition coefficient (Wildman–Crippen LogP) is 2.75. The predicted molar refractivity (Wildman–Crippen MR) is 95.0 cm³/mol. The molecule has 0 bridgehead atoms. The third-order valence-corrected chi connectivity index (χ3v) is 4.57. The minimum atomic E-state index is -2.84. The molecule has 7 nitrogen and oxygen atoms in total. The van der Waals surface area contributed by atoms with Crippen LogP contribution in [0, 0.1) is 11.7 Å². The molecular weight excluding hydrogens is 364 g/mol. The van der Waals surface area contributed by atoms with Gasteiger partial charge in [-0.25, -0.2) is 13.8 Å². The Kier molecular flexibility index (Phi) is 4.97. The van der Waals surface area contributed by atoms with Crippen LogP contribution in [0.25, 0.3) is 22.3 Å². The third-order valence-electron chi connectivity index (χ3n) is 4.24. The molecule has 0 fully saturated rings. The van der Waals surface area contributed by atoms with E-state index in [4.69, 9.17) is 17.0 Å². The van der Waals surface area contributed by atoms with Gasteiger partial charge in [0.1, 0.15) is 5.65 Å². The highest BCUT2D eigenvalue weighted by atomic mass is 32.1. The Morgan fingerprint density at radius 2 is 2.15 bits per heavy atom. The van der Waals surface area contributed by atoms with Crippen molar-refractivity contribution in [1.29, 1.82) is 0 Å². The van der Waals surface area contributed by atoms with Crippen LogP contribution >= 0.6 is 12.2 Å². The Balaban J connectivity index is 2.41. The Labute approximate surface area is 152 Å². The summed E-state index contributed by atoms with van der Waals surface area (Å²) >= 11 is 5.19. The van der Waals surface area contributed by atoms with E-state index in [2.05, 4.69) is 15.1 Å². The van der Waals surface area contributed by atoms with Crippen molar-refractivity contribution in [3.63, 3.8) is 0 Å². The molecule has 3 rings (SSSR count). The van der Waals surface area contributed by atoms with Crippen molar-refractivity contribution in [2.75, 3.05) is 13.7 Å². The van der Waals surface area contributed by atoms with Gasteiger partial charge in [0.15, 0.2) is 4.77 Å². The van der Waals surface area contributed by atoms with Gasteiger partial charge >= 0.3 is 0 Å². The van der Waals surface area contributed by atoms with E-state index >= 15 is 0 Å². The number of H-pyrrole nitrogens is 1. The largest absolute Gasteiger partial charge is 0.383 e. The topological polar surface area (TPSA) is 77.7 Å². The van der Waals surface area contributed by atoms with Crippen LogP contribution in [0.5, 0.6) is 0 Å². The van der Waals surface area contributed by atoms with Gasteiger partial charge in [-0.15, -0.1) is 0 Å². The fraction of sp³-hybridized carbons (Fsp3) is 0.375. The molecular formula is C16H17F2N5O2S. The smallest absolute Gasteiger partial charge is 0.264 e. The average molecular weight is 381 g/mol. The zero-order valence-electron chi connectivity index (χ0n) is 14.4. The molecule has 0 saturated heterocycles. The molecule has 0 aliphatic carbocycles. The number of methoxy groups -OCH3 is 1. The van der Waals surface area contributed by atoms with Crippen LogP contribution in [0.4, 0.5) is 8.78 Å². The van der Waals surface area contributed by atoms with Gasteiger partial charge < -0.3 is 9.30 Å². The second-order valence-electron chi connectivity index (χ2n) is 5.77. The van der Waals surface area contributed by atoms with E-state index in [0.29, 0.717) is 11.3 Å². The lowest BCUT2D eigenvalue weighted by Crippen LogP contribution is -2.19. The lowest BCUT2D eigenvalue weighted by Gasteiger charge is -2.14. The van der Waals surface area contributed by atoms with Gasteiger partial charge in [0, 0.05) is 31.0 Å². The molecule has 1 N–H and O–H groups in total. The first kappa shape index (κ1) is 18.3. The van der Waals surface area contributed by atoms with Gasteiger partial charge in [0.2, 0.25) is 0 Å². The summed E-state index contributed by atoms with van der Waals surface area (Å²) in [5.41, 5.74) is 0.716. The van der Waals surface area contributed by atoms with Crippen LogP contribution in [0.1, 0.15) is 17.7 Å². The Hall–Kier alpha value is -2.46. The molecule has 3 aromatic rings. The van der Waals surface area contributed by atoms with Crippen molar-refractivity contribution in [2.24, 2.45) is 7.05 Å². The molecule has 0 saturated carbocycles. The first-order chi connectivity index (χ1) is 12.3. The fourth-order valence-corrected chi connectivity index (χ4v) is 3.02. The fourth-order valence-electron chi connectivity index (χ4n) is 2.75. The Morgan fingerprint density at radius 3 is 2.73 bits per heavy atom. The van der Waals surface area contributed by atoms with E-state index in [1.54, 1.807) is 17.9 Å². The molecule has 0 aliphatic rings. The number of nitrogens with one attached hydrogen (secondary N) is 1. The summed E-state index contributed by atoms with van der Waals surface area (Å²) in [7, 11) is 3.26. The molecule has 0 amide bonds. The van der Waals surface area contributed by atoms with Crippen molar-refractivity contribution in [3.05, 3.63) is 38.6 Å². The number of aromatic amines is 1. The summed E-state index contributed by atoms with van der Waals surface area (Å²) in [5.74, 6) is 0. The molecule has 138 valence electrons. The summed E-state index contributed by atoms with van der Waals surface area (Å²) in [6.45, 7) is 2.37. The summed E-state index contributed by atoms with van der Waals surface area (Å²) in [6.07, 6.45) is -1.29. The maximum absolute atomic E-state index is 13.7. The highest BCUT2D eigenvalue weighted by Gasteiger charge is 2.21. The van der Waals surface area contributed by atoms with Crippen molar-refractivity contribution in [2.45, 2.75) is 19.9 Å². The minimum Gasteiger partial charge on any atom is -0.383 e. The number of hydrogen-bond acceptors (Lipinski definition) is 5. The van der Waals surface area contributed by atoms with Crippen LogP contribution in [0.15, 0.2) is 17.1 Å². The molecule has 26 heavy (non-hydrogen) atoms. The SMILES string of the molecule is COCCn1c(=S)[nH]c(=O)c2c(C(F)F)cc(-c3cnn(C)c3C)nc21. The number of rotatable bonds is 5. The summed E-state index contributed by atoms with van der Waals surface area (Å²) < 4.78 is 35.7. The highest BCUT2D eigenvalue weighted by molar-refractivity contribution is 7.71. The molecule has 0 atom stereocenters. The number of ether oxygens (including phenoxy) is 1. The maximum atomic E-state index is 13.7. The van der Waals surface area contributed by atoms with E-state index in [1.807, 2.05) is 6.92 Å². The number of aromatic nitrogens is 5. The van der Waals surface area contributed by atoms with Crippen molar-refractivity contribution in [3.8, 4) is 11.3 Å². The van der Waals surface area contributed by atoms with E-state index in [0.717, 1.165) is 5.69 Å². The second kappa shape index (κ2) is 7.04. The summed E-state index contributed by atoms with van der Waals surface area (Å²) in [4.78, 5) is 19.2. The second-order valence-corrected chi connectivity index (χ2v) is 6.15. The van der Waals surface area contributed by atoms with E-state index in [-0.39, 0.29) is 29.0 Å². The van der Waals surface area contributed by atoms with Crippen LogP contribution in [0.2, 0.25) is 0 Å². The van der Waals surface area contributed by atoms with Gasteiger partial charge in [-0.3, -0.25) is 14.5 Å². The number of pyridine rings is 1. The van der Waals surface area contributed by atoms with Crippen LogP contribution < -0.4 is 5.56 Å². The molecule has 0 aliphatic heterocycles. The molecule has 0 radical (unpaired) electrons. The first-order valence-electron chi connectivity index (χ1n) is 7.79. The van der Waals surface area contributed by atoms with Gasteiger partial charge in [0.25, 0.3) is 12.0 Å². The zero-order chi connectivity index (χ0) is 19.0. The number of nitrogens with zero attached hydrogens (tertiary/aromatic N) is 4. The normalized spacial score (nSPS) is 11.6. The first-order valence-corrected chi connectivity index (χ1v) is 8.19. The van der Waals surface area contributed by atoms with Crippen molar-refractivity contribution < 1.29 is 13.5 Å². The van der Waals surface area contributed by atoms with Gasteiger partial charge in [0.05, 0.1) is 30.4 Å². The van der Waals surface area contributed by atoms with Crippen LogP contribution in [0.3, 0.4) is 0 Å². The lowest BCUT2D eigenvalue weighted by atomic mass is 10.1. The number of aryl methyl sites for hydroxylation is 1. The van der Waals surface area contributed by atoms with Gasteiger partial charge in [-0.05, 0) is 25.2 Å². The minimum absolute atomic E-state index is 0.104.